The summed E-state index contributed by atoms with van der Waals surface area (Å²) in [6.07, 6.45) is 2.20. The Bertz CT molecular complexity index is 880. The minimum atomic E-state index is -0.794. The van der Waals surface area contributed by atoms with Crippen LogP contribution in [0, 0.1) is 6.92 Å². The summed E-state index contributed by atoms with van der Waals surface area (Å²) in [6, 6.07) is 20.4. The van der Waals surface area contributed by atoms with Crippen molar-refractivity contribution in [3.05, 3.63) is 71.9 Å². The van der Waals surface area contributed by atoms with Gasteiger partial charge in [-0.25, -0.2) is 0 Å². The van der Waals surface area contributed by atoms with Crippen molar-refractivity contribution >= 4 is 5.97 Å². The zero-order valence-corrected chi connectivity index (χ0v) is 15.4. The van der Waals surface area contributed by atoms with E-state index in [1.165, 1.54) is 0 Å². The van der Waals surface area contributed by atoms with E-state index < -0.39 is 5.97 Å². The molecule has 1 N–H and O–H groups in total. The minimum absolute atomic E-state index is 0.0367. The van der Waals surface area contributed by atoms with Crippen LogP contribution in [0.3, 0.4) is 0 Å². The lowest BCUT2D eigenvalue weighted by molar-refractivity contribution is -0.136. The van der Waals surface area contributed by atoms with Crippen LogP contribution in [0.2, 0.25) is 0 Å². The summed E-state index contributed by atoms with van der Waals surface area (Å²) >= 11 is 0. The number of carboxylic acids is 1. The second-order valence-corrected chi connectivity index (χ2v) is 6.60. The molecule has 0 saturated heterocycles. The van der Waals surface area contributed by atoms with Gasteiger partial charge in [-0.05, 0) is 30.0 Å². The highest BCUT2D eigenvalue weighted by Gasteiger charge is 2.23. The first-order chi connectivity index (χ1) is 12.6. The third kappa shape index (κ3) is 3.57. The van der Waals surface area contributed by atoms with Gasteiger partial charge in [-0.1, -0.05) is 74.0 Å². The smallest absolute Gasteiger partial charge is 0.307 e. The normalized spacial score (nSPS) is 10.8. The number of nitrogens with zero attached hydrogens (tertiary/aromatic N) is 1. The van der Waals surface area contributed by atoms with Crippen LogP contribution in [-0.2, 0) is 17.8 Å². The van der Waals surface area contributed by atoms with Crippen LogP contribution >= 0.6 is 0 Å². The van der Waals surface area contributed by atoms with E-state index in [0.717, 1.165) is 53.0 Å². The van der Waals surface area contributed by atoms with Crippen LogP contribution in [0.25, 0.3) is 22.4 Å². The van der Waals surface area contributed by atoms with E-state index in [9.17, 15) is 9.90 Å². The molecule has 3 nitrogen and oxygen atoms in total. The Morgan fingerprint density at radius 1 is 0.962 bits per heavy atom. The predicted molar refractivity (Wildman–Crippen MR) is 106 cm³/mol. The lowest BCUT2D eigenvalue weighted by Crippen LogP contribution is -2.05. The molecule has 0 aliphatic carbocycles. The van der Waals surface area contributed by atoms with Crippen LogP contribution in [0.4, 0.5) is 0 Å². The van der Waals surface area contributed by atoms with E-state index >= 15 is 0 Å². The summed E-state index contributed by atoms with van der Waals surface area (Å²) < 4.78 is 2.30. The average molecular weight is 347 g/mol. The van der Waals surface area contributed by atoms with E-state index in [-0.39, 0.29) is 6.42 Å². The Morgan fingerprint density at radius 2 is 1.54 bits per heavy atom. The molecule has 2 aromatic carbocycles. The summed E-state index contributed by atoms with van der Waals surface area (Å²) in [5.74, 6) is -0.794. The SMILES string of the molecule is CCCCn1c(C)c(CC(=O)O)c(-c2ccccc2)c1-c1ccccc1. The number of benzene rings is 2. The third-order valence-electron chi connectivity index (χ3n) is 4.82. The van der Waals surface area contributed by atoms with Gasteiger partial charge in [-0.2, -0.15) is 0 Å². The molecule has 0 aliphatic rings. The van der Waals surface area contributed by atoms with Crippen molar-refractivity contribution in [3.8, 4) is 22.4 Å². The van der Waals surface area contributed by atoms with E-state index in [1.54, 1.807) is 0 Å². The van der Waals surface area contributed by atoms with Crippen molar-refractivity contribution in [2.24, 2.45) is 0 Å². The fourth-order valence-corrected chi connectivity index (χ4v) is 3.56. The quantitative estimate of drug-likeness (QED) is 0.608. The van der Waals surface area contributed by atoms with Crippen molar-refractivity contribution in [1.82, 2.24) is 4.57 Å². The first-order valence-corrected chi connectivity index (χ1v) is 9.18. The molecule has 0 fully saturated rings. The molecule has 0 bridgehead atoms. The van der Waals surface area contributed by atoms with Crippen molar-refractivity contribution in [2.45, 2.75) is 39.7 Å². The number of carbonyl (C=O) groups is 1. The van der Waals surface area contributed by atoms with E-state index in [4.69, 9.17) is 0 Å². The topological polar surface area (TPSA) is 42.2 Å². The Hall–Kier alpha value is -2.81. The molecule has 3 aromatic rings. The first kappa shape index (κ1) is 18.0. The predicted octanol–water partition coefficient (Wildman–Crippen LogP) is 5.56. The molecule has 1 heterocycles. The van der Waals surface area contributed by atoms with Crippen molar-refractivity contribution < 1.29 is 9.90 Å². The lowest BCUT2D eigenvalue weighted by atomic mass is 9.95. The van der Waals surface area contributed by atoms with Crippen LogP contribution < -0.4 is 0 Å². The lowest BCUT2D eigenvalue weighted by Gasteiger charge is -2.13. The number of rotatable bonds is 7. The standard InChI is InChI=1S/C23H25NO2/c1-3-4-15-24-17(2)20(16-21(25)26)22(18-11-7-5-8-12-18)23(24)19-13-9-6-10-14-19/h5-14H,3-4,15-16H2,1-2H3,(H,25,26). The maximum atomic E-state index is 11.6. The van der Waals surface area contributed by atoms with Gasteiger partial charge in [0.15, 0.2) is 0 Å². The van der Waals surface area contributed by atoms with Gasteiger partial charge in [-0.15, -0.1) is 0 Å². The molecule has 0 atom stereocenters. The number of aromatic nitrogens is 1. The number of carboxylic acid groups (broad SMARTS) is 1. The molecule has 0 unspecified atom stereocenters. The Labute approximate surface area is 154 Å². The van der Waals surface area contributed by atoms with Gasteiger partial charge >= 0.3 is 5.97 Å². The largest absolute Gasteiger partial charge is 0.481 e. The summed E-state index contributed by atoms with van der Waals surface area (Å²) in [5, 5.41) is 9.50. The second kappa shape index (κ2) is 8.05. The number of aliphatic carboxylic acids is 1. The first-order valence-electron chi connectivity index (χ1n) is 9.18. The summed E-state index contributed by atoms with van der Waals surface area (Å²) in [6.45, 7) is 5.12. The Balaban J connectivity index is 2.32. The highest BCUT2D eigenvalue weighted by atomic mass is 16.4. The maximum absolute atomic E-state index is 11.6. The summed E-state index contributed by atoms with van der Waals surface area (Å²) in [5.41, 5.74) is 6.34. The molecule has 3 heteroatoms. The van der Waals surface area contributed by atoms with E-state index in [0.29, 0.717) is 0 Å². The van der Waals surface area contributed by atoms with Crippen molar-refractivity contribution in [2.75, 3.05) is 0 Å². The number of hydrogen-bond acceptors (Lipinski definition) is 1. The maximum Gasteiger partial charge on any atom is 0.307 e. The molecule has 3 rings (SSSR count). The fourth-order valence-electron chi connectivity index (χ4n) is 3.56. The van der Waals surface area contributed by atoms with Gasteiger partial charge in [0.25, 0.3) is 0 Å². The highest BCUT2D eigenvalue weighted by molar-refractivity contribution is 5.88. The zero-order chi connectivity index (χ0) is 18.5. The van der Waals surface area contributed by atoms with Gasteiger partial charge in [0.05, 0.1) is 12.1 Å². The second-order valence-electron chi connectivity index (χ2n) is 6.60. The Kier molecular flexibility index (Phi) is 5.57. The number of unbranched alkanes of at least 4 members (excludes halogenated alkanes) is 1. The fraction of sp³-hybridized carbons (Fsp3) is 0.261. The van der Waals surface area contributed by atoms with Gasteiger partial charge in [0.1, 0.15) is 0 Å². The van der Waals surface area contributed by atoms with E-state index in [1.807, 2.05) is 43.3 Å². The van der Waals surface area contributed by atoms with E-state index in [2.05, 4.69) is 35.8 Å². The molecule has 0 aliphatic heterocycles. The molecular formula is C23H25NO2. The average Bonchev–Trinajstić information content (AvgIpc) is 2.93. The molecule has 0 radical (unpaired) electrons. The van der Waals surface area contributed by atoms with Gasteiger partial charge < -0.3 is 9.67 Å². The van der Waals surface area contributed by atoms with Crippen LogP contribution in [0.15, 0.2) is 60.7 Å². The van der Waals surface area contributed by atoms with Crippen LogP contribution in [0.5, 0.6) is 0 Å². The molecule has 0 amide bonds. The van der Waals surface area contributed by atoms with Gasteiger partial charge in [0, 0.05) is 17.8 Å². The minimum Gasteiger partial charge on any atom is -0.481 e. The van der Waals surface area contributed by atoms with Crippen molar-refractivity contribution in [1.29, 1.82) is 0 Å². The third-order valence-corrected chi connectivity index (χ3v) is 4.82. The number of hydrogen-bond donors (Lipinski definition) is 1. The zero-order valence-electron chi connectivity index (χ0n) is 15.4. The monoisotopic (exact) mass is 347 g/mol. The van der Waals surface area contributed by atoms with Crippen LogP contribution in [0.1, 0.15) is 31.0 Å². The Morgan fingerprint density at radius 3 is 2.08 bits per heavy atom. The van der Waals surface area contributed by atoms with Gasteiger partial charge in [0.2, 0.25) is 0 Å². The molecular weight excluding hydrogens is 322 g/mol. The molecule has 1 aromatic heterocycles. The summed E-state index contributed by atoms with van der Waals surface area (Å²) in [4.78, 5) is 11.6. The molecule has 26 heavy (non-hydrogen) atoms. The van der Waals surface area contributed by atoms with Crippen LogP contribution in [-0.4, -0.2) is 15.6 Å². The van der Waals surface area contributed by atoms with Crippen molar-refractivity contribution in [3.63, 3.8) is 0 Å². The van der Waals surface area contributed by atoms with Gasteiger partial charge in [-0.3, -0.25) is 4.79 Å². The molecule has 0 saturated carbocycles. The summed E-state index contributed by atoms with van der Waals surface area (Å²) in [7, 11) is 0. The molecule has 134 valence electrons. The highest BCUT2D eigenvalue weighted by Crippen LogP contribution is 2.39. The molecule has 0 spiro atoms.